The average Bonchev–Trinajstić information content (AvgIpc) is 3.30. The van der Waals surface area contributed by atoms with Gasteiger partial charge in [-0.3, -0.25) is 14.5 Å². The zero-order valence-electron chi connectivity index (χ0n) is 23.0. The number of rotatable bonds is 5. The molecule has 0 radical (unpaired) electrons. The molecule has 6 rings (SSSR count). The Morgan fingerprint density at radius 3 is 2.46 bits per heavy atom. The zero-order chi connectivity index (χ0) is 28.5. The molecule has 1 atom stereocenters. The Morgan fingerprint density at radius 1 is 1.02 bits per heavy atom. The van der Waals surface area contributed by atoms with Crippen LogP contribution in [0.3, 0.4) is 0 Å². The van der Waals surface area contributed by atoms with Gasteiger partial charge in [-0.15, -0.1) is 11.8 Å². The van der Waals surface area contributed by atoms with Gasteiger partial charge in [0.2, 0.25) is 11.8 Å². The van der Waals surface area contributed by atoms with Gasteiger partial charge in [-0.1, -0.05) is 60.2 Å². The van der Waals surface area contributed by atoms with Crippen molar-refractivity contribution in [2.24, 2.45) is 0 Å². The SMILES string of the molecule is Cc1ccc(-n2nc(-c3ccccc3)c3c2N(CC(=O)N2CCOCC2)C(=O)CS[C@@H]3c2ccc(F)cc2)c(C)c1. The van der Waals surface area contributed by atoms with Crippen LogP contribution in [0.25, 0.3) is 16.9 Å². The smallest absolute Gasteiger partial charge is 0.242 e. The van der Waals surface area contributed by atoms with E-state index in [1.54, 1.807) is 21.9 Å². The molecule has 2 aliphatic heterocycles. The Kier molecular flexibility index (Phi) is 7.64. The average molecular weight is 571 g/mol. The van der Waals surface area contributed by atoms with Gasteiger partial charge in [0.05, 0.1) is 35.6 Å². The van der Waals surface area contributed by atoms with E-state index in [2.05, 4.69) is 6.07 Å². The van der Waals surface area contributed by atoms with Crippen LogP contribution in [0.2, 0.25) is 0 Å². The maximum absolute atomic E-state index is 14.0. The monoisotopic (exact) mass is 570 g/mol. The molecule has 2 aliphatic rings. The molecule has 0 N–H and O–H groups in total. The van der Waals surface area contributed by atoms with Crippen molar-refractivity contribution in [2.45, 2.75) is 19.1 Å². The third-order valence-corrected chi connectivity index (χ3v) is 8.80. The second-order valence-corrected chi connectivity index (χ2v) is 11.5. The Morgan fingerprint density at radius 2 is 1.76 bits per heavy atom. The van der Waals surface area contributed by atoms with Crippen LogP contribution in [0.1, 0.15) is 27.5 Å². The van der Waals surface area contributed by atoms with Crippen LogP contribution in [0.15, 0.2) is 72.8 Å². The number of carbonyl (C=O) groups excluding carboxylic acids is 2. The first-order valence-electron chi connectivity index (χ1n) is 13.7. The highest BCUT2D eigenvalue weighted by atomic mass is 32.2. The maximum atomic E-state index is 14.0. The lowest BCUT2D eigenvalue weighted by Crippen LogP contribution is -2.48. The summed E-state index contributed by atoms with van der Waals surface area (Å²) < 4.78 is 21.2. The van der Waals surface area contributed by atoms with Gasteiger partial charge >= 0.3 is 0 Å². The van der Waals surface area contributed by atoms with E-state index in [4.69, 9.17) is 9.84 Å². The quantitative estimate of drug-likeness (QED) is 0.325. The summed E-state index contributed by atoms with van der Waals surface area (Å²) in [6, 6.07) is 22.4. The summed E-state index contributed by atoms with van der Waals surface area (Å²) >= 11 is 1.47. The van der Waals surface area contributed by atoms with E-state index < -0.39 is 0 Å². The number of hydrogen-bond acceptors (Lipinski definition) is 5. The number of morpholine rings is 1. The van der Waals surface area contributed by atoms with Gasteiger partial charge in [0, 0.05) is 24.2 Å². The number of carbonyl (C=O) groups is 2. The van der Waals surface area contributed by atoms with E-state index in [0.29, 0.717) is 32.1 Å². The minimum Gasteiger partial charge on any atom is -0.378 e. The number of amides is 2. The van der Waals surface area contributed by atoms with Crippen molar-refractivity contribution in [2.75, 3.05) is 43.5 Å². The fourth-order valence-corrected chi connectivity index (χ4v) is 6.69. The molecule has 9 heteroatoms. The summed E-state index contributed by atoms with van der Waals surface area (Å²) in [6.07, 6.45) is 0. The van der Waals surface area contributed by atoms with Gasteiger partial charge in [0.25, 0.3) is 0 Å². The van der Waals surface area contributed by atoms with Crippen LogP contribution in [-0.2, 0) is 14.3 Å². The molecule has 4 aromatic rings. The van der Waals surface area contributed by atoms with E-state index in [-0.39, 0.29) is 35.2 Å². The van der Waals surface area contributed by atoms with Gasteiger partial charge in [-0.2, -0.15) is 5.10 Å². The first-order valence-corrected chi connectivity index (χ1v) is 14.7. The highest BCUT2D eigenvalue weighted by molar-refractivity contribution is 8.00. The molecule has 210 valence electrons. The van der Waals surface area contributed by atoms with Crippen molar-refractivity contribution in [1.82, 2.24) is 14.7 Å². The van der Waals surface area contributed by atoms with Crippen molar-refractivity contribution in [3.63, 3.8) is 0 Å². The van der Waals surface area contributed by atoms with E-state index in [0.717, 1.165) is 39.2 Å². The van der Waals surface area contributed by atoms with Crippen molar-refractivity contribution in [3.8, 4) is 16.9 Å². The number of anilines is 1. The van der Waals surface area contributed by atoms with Crippen LogP contribution >= 0.6 is 11.8 Å². The topological polar surface area (TPSA) is 67.7 Å². The van der Waals surface area contributed by atoms with Crippen molar-refractivity contribution < 1.29 is 18.7 Å². The molecule has 0 spiro atoms. The number of thioether (sulfide) groups is 1. The van der Waals surface area contributed by atoms with Crippen LogP contribution in [0.5, 0.6) is 0 Å². The highest BCUT2D eigenvalue weighted by Gasteiger charge is 2.38. The molecule has 1 aromatic heterocycles. The number of nitrogens with zero attached hydrogens (tertiary/aromatic N) is 4. The predicted molar refractivity (Wildman–Crippen MR) is 159 cm³/mol. The number of halogens is 1. The molecule has 2 amide bonds. The normalized spacial score (nSPS) is 17.3. The number of benzene rings is 3. The summed E-state index contributed by atoms with van der Waals surface area (Å²) in [5.74, 6) is 0.103. The lowest BCUT2D eigenvalue weighted by molar-refractivity contribution is -0.134. The Balaban J connectivity index is 1.60. The second-order valence-electron chi connectivity index (χ2n) is 10.4. The lowest BCUT2D eigenvalue weighted by atomic mass is 9.99. The molecule has 3 aromatic carbocycles. The second kappa shape index (κ2) is 11.5. The molecule has 0 unspecified atom stereocenters. The first-order chi connectivity index (χ1) is 19.9. The molecule has 0 aliphatic carbocycles. The largest absolute Gasteiger partial charge is 0.378 e. The van der Waals surface area contributed by atoms with Crippen molar-refractivity contribution in [3.05, 3.63) is 101 Å². The summed E-state index contributed by atoms with van der Waals surface area (Å²) in [5, 5.41) is 4.84. The number of aromatic nitrogens is 2. The van der Waals surface area contributed by atoms with E-state index in [9.17, 15) is 14.0 Å². The Bertz CT molecular complexity index is 1580. The molecule has 1 fully saturated rings. The minimum atomic E-state index is -0.323. The van der Waals surface area contributed by atoms with Crippen LogP contribution in [-0.4, -0.2) is 65.1 Å². The van der Waals surface area contributed by atoms with Crippen LogP contribution in [0.4, 0.5) is 10.2 Å². The van der Waals surface area contributed by atoms with Crippen molar-refractivity contribution >= 4 is 29.4 Å². The number of hydrogen-bond donors (Lipinski definition) is 0. The third-order valence-electron chi connectivity index (χ3n) is 7.55. The first kappa shape index (κ1) is 27.2. The summed E-state index contributed by atoms with van der Waals surface area (Å²) in [7, 11) is 0. The van der Waals surface area contributed by atoms with E-state index >= 15 is 0 Å². The summed E-state index contributed by atoms with van der Waals surface area (Å²) in [5.41, 5.74) is 6.25. The molecule has 0 bridgehead atoms. The Hall–Kier alpha value is -3.95. The predicted octanol–water partition coefficient (Wildman–Crippen LogP) is 5.32. The maximum Gasteiger partial charge on any atom is 0.242 e. The molecular formula is C32H31FN4O3S. The molecule has 41 heavy (non-hydrogen) atoms. The van der Waals surface area contributed by atoms with Gasteiger partial charge in [-0.05, 0) is 43.2 Å². The summed E-state index contributed by atoms with van der Waals surface area (Å²) in [4.78, 5) is 30.8. The molecular weight excluding hydrogens is 539 g/mol. The highest BCUT2D eigenvalue weighted by Crippen LogP contribution is 2.48. The van der Waals surface area contributed by atoms with Crippen molar-refractivity contribution in [1.29, 1.82) is 0 Å². The molecule has 0 saturated carbocycles. The van der Waals surface area contributed by atoms with Gasteiger partial charge in [0.1, 0.15) is 18.2 Å². The standard InChI is InChI=1S/C32H31FN4O3S/c1-21-8-13-26(22(2)18-21)37-32-29(30(34-37)23-6-4-3-5-7-23)31(24-9-11-25(33)12-10-24)41-20-28(39)36(32)19-27(38)35-14-16-40-17-15-35/h3-13,18,31H,14-17,19-20H2,1-2H3/t31-/m1/s1. The van der Waals surface area contributed by atoms with E-state index in [1.165, 1.54) is 23.9 Å². The number of ether oxygens (including phenoxy) is 1. The number of fused-ring (bicyclic) bond motifs is 1. The van der Waals surface area contributed by atoms with Gasteiger partial charge < -0.3 is 9.64 Å². The molecule has 7 nitrogen and oxygen atoms in total. The zero-order valence-corrected chi connectivity index (χ0v) is 23.9. The molecule has 3 heterocycles. The van der Waals surface area contributed by atoms with E-state index in [1.807, 2.05) is 61.0 Å². The molecule has 1 saturated heterocycles. The van der Waals surface area contributed by atoms with Crippen LogP contribution < -0.4 is 4.90 Å². The lowest BCUT2D eigenvalue weighted by Gasteiger charge is -2.30. The fourth-order valence-electron chi connectivity index (χ4n) is 5.49. The number of aryl methyl sites for hydroxylation is 2. The van der Waals surface area contributed by atoms with Gasteiger partial charge in [-0.25, -0.2) is 9.07 Å². The fraction of sp³-hybridized carbons (Fsp3) is 0.281. The summed E-state index contributed by atoms with van der Waals surface area (Å²) in [6.45, 7) is 5.89. The Labute approximate surface area is 242 Å². The van der Waals surface area contributed by atoms with Gasteiger partial charge in [0.15, 0.2) is 0 Å². The van der Waals surface area contributed by atoms with Crippen LogP contribution in [0, 0.1) is 19.7 Å². The minimum absolute atomic E-state index is 0.104. The third kappa shape index (κ3) is 5.39.